The van der Waals surface area contributed by atoms with Crippen LogP contribution in [0.15, 0.2) is 12.2 Å². The van der Waals surface area contributed by atoms with Crippen molar-refractivity contribution in [3.8, 4) is 0 Å². The van der Waals surface area contributed by atoms with E-state index < -0.39 is 5.97 Å². The quantitative estimate of drug-likeness (QED) is 0.590. The average Bonchev–Trinajstić information content (AvgIpc) is 2.37. The van der Waals surface area contributed by atoms with Crippen LogP contribution >= 0.6 is 11.8 Å². The number of aliphatic carboxylic acids is 1. The van der Waals surface area contributed by atoms with Crippen LogP contribution < -0.4 is 10.6 Å². The highest BCUT2D eigenvalue weighted by Gasteiger charge is 2.25. The molecule has 0 aliphatic rings. The minimum Gasteiger partial charge on any atom is -0.478 e. The molecular formula is C12H22N2O3S. The second kappa shape index (κ2) is 8.85. The Hall–Kier alpha value is -1.17. The van der Waals surface area contributed by atoms with Crippen LogP contribution in [0, 0.1) is 0 Å². The fourth-order valence-corrected chi connectivity index (χ4v) is 2.27. The van der Waals surface area contributed by atoms with Crippen molar-refractivity contribution >= 4 is 23.8 Å². The van der Waals surface area contributed by atoms with Gasteiger partial charge in [-0.15, -0.1) is 0 Å². The Morgan fingerprint density at radius 1 is 1.28 bits per heavy atom. The molecule has 0 spiro atoms. The third-order valence-corrected chi connectivity index (χ3v) is 4.52. The number of carbonyl (C=O) groups is 2. The van der Waals surface area contributed by atoms with Crippen LogP contribution in [0.3, 0.4) is 0 Å². The molecule has 0 aromatic heterocycles. The van der Waals surface area contributed by atoms with Crippen molar-refractivity contribution in [3.63, 3.8) is 0 Å². The topological polar surface area (TPSA) is 78.4 Å². The van der Waals surface area contributed by atoms with E-state index in [1.54, 1.807) is 11.8 Å². The van der Waals surface area contributed by atoms with Gasteiger partial charge in [0.15, 0.2) is 0 Å². The van der Waals surface area contributed by atoms with Gasteiger partial charge in [0.2, 0.25) is 0 Å². The number of nitrogens with one attached hydrogen (secondary N) is 2. The predicted molar refractivity (Wildman–Crippen MR) is 75.0 cm³/mol. The van der Waals surface area contributed by atoms with Crippen LogP contribution in [0.4, 0.5) is 4.79 Å². The van der Waals surface area contributed by atoms with Gasteiger partial charge >= 0.3 is 12.0 Å². The molecule has 0 saturated heterocycles. The number of rotatable bonds is 8. The van der Waals surface area contributed by atoms with Crippen LogP contribution in [0.1, 0.15) is 26.7 Å². The normalized spacial score (nSPS) is 11.5. The zero-order valence-corrected chi connectivity index (χ0v) is 12.0. The highest BCUT2D eigenvalue weighted by atomic mass is 32.2. The van der Waals surface area contributed by atoms with E-state index in [0.717, 1.165) is 18.9 Å². The standard InChI is InChI=1S/C12H22N2O3S/c1-4-12(5-2,18-3)9-14-11(17)13-8-6-7-10(15)16/h6-7H,4-5,8-9H2,1-3H3,(H,15,16)(H2,13,14,17)/b7-6+. The first-order valence-corrected chi connectivity index (χ1v) is 7.18. The van der Waals surface area contributed by atoms with Gasteiger partial charge in [-0.05, 0) is 19.1 Å². The van der Waals surface area contributed by atoms with Crippen molar-refractivity contribution in [2.75, 3.05) is 19.3 Å². The molecule has 18 heavy (non-hydrogen) atoms. The van der Waals surface area contributed by atoms with E-state index in [-0.39, 0.29) is 17.3 Å². The lowest BCUT2D eigenvalue weighted by molar-refractivity contribution is -0.131. The van der Waals surface area contributed by atoms with E-state index in [0.29, 0.717) is 6.54 Å². The lowest BCUT2D eigenvalue weighted by Gasteiger charge is -2.29. The highest BCUT2D eigenvalue weighted by molar-refractivity contribution is 8.00. The molecule has 6 heteroatoms. The second-order valence-corrected chi connectivity index (χ2v) is 5.17. The lowest BCUT2D eigenvalue weighted by Crippen LogP contribution is -2.44. The number of urea groups is 1. The summed E-state index contributed by atoms with van der Waals surface area (Å²) >= 11 is 1.76. The molecule has 3 N–H and O–H groups in total. The minimum atomic E-state index is -1.02. The molecule has 0 bridgehead atoms. The van der Waals surface area contributed by atoms with Crippen molar-refractivity contribution in [3.05, 3.63) is 12.2 Å². The van der Waals surface area contributed by atoms with Gasteiger partial charge < -0.3 is 15.7 Å². The monoisotopic (exact) mass is 274 g/mol. The van der Waals surface area contributed by atoms with Crippen molar-refractivity contribution < 1.29 is 14.7 Å². The maximum Gasteiger partial charge on any atom is 0.328 e. The third kappa shape index (κ3) is 6.54. The van der Waals surface area contributed by atoms with Crippen LogP contribution in [0.25, 0.3) is 0 Å². The molecule has 0 atom stereocenters. The molecule has 0 heterocycles. The largest absolute Gasteiger partial charge is 0.478 e. The van der Waals surface area contributed by atoms with Crippen molar-refractivity contribution in [1.82, 2.24) is 10.6 Å². The number of amides is 2. The maximum atomic E-state index is 11.5. The van der Waals surface area contributed by atoms with E-state index in [2.05, 4.69) is 24.5 Å². The lowest BCUT2D eigenvalue weighted by atomic mass is 10.0. The maximum absolute atomic E-state index is 11.5. The molecular weight excluding hydrogens is 252 g/mol. The van der Waals surface area contributed by atoms with E-state index >= 15 is 0 Å². The summed E-state index contributed by atoms with van der Waals surface area (Å²) in [6.45, 7) is 5.03. The van der Waals surface area contributed by atoms with E-state index in [4.69, 9.17) is 5.11 Å². The van der Waals surface area contributed by atoms with Crippen LogP contribution in [-0.2, 0) is 4.79 Å². The molecule has 0 fully saturated rings. The first-order chi connectivity index (χ1) is 8.49. The van der Waals surface area contributed by atoms with Gasteiger partial charge in [-0.3, -0.25) is 0 Å². The number of carboxylic acid groups (broad SMARTS) is 1. The smallest absolute Gasteiger partial charge is 0.328 e. The van der Waals surface area contributed by atoms with Crippen LogP contribution in [0.5, 0.6) is 0 Å². The summed E-state index contributed by atoms with van der Waals surface area (Å²) in [7, 11) is 0. The molecule has 0 radical (unpaired) electrons. The molecule has 2 amide bonds. The Balaban J connectivity index is 3.99. The predicted octanol–water partition coefficient (Wildman–Crippen LogP) is 1.85. The number of carboxylic acids is 1. The molecule has 0 saturated carbocycles. The number of thioether (sulfide) groups is 1. The molecule has 0 aliphatic heterocycles. The molecule has 0 rings (SSSR count). The van der Waals surface area contributed by atoms with Crippen molar-refractivity contribution in [1.29, 1.82) is 0 Å². The molecule has 0 unspecified atom stereocenters. The Morgan fingerprint density at radius 2 is 1.89 bits per heavy atom. The third-order valence-electron chi connectivity index (χ3n) is 2.93. The second-order valence-electron chi connectivity index (χ2n) is 3.90. The molecule has 5 nitrogen and oxygen atoms in total. The summed E-state index contributed by atoms with van der Waals surface area (Å²) in [4.78, 5) is 21.7. The summed E-state index contributed by atoms with van der Waals surface area (Å²) < 4.78 is 0.0776. The van der Waals surface area contributed by atoms with Crippen molar-refractivity contribution in [2.45, 2.75) is 31.4 Å². The molecule has 0 aromatic carbocycles. The van der Waals surface area contributed by atoms with Gasteiger partial charge in [0.25, 0.3) is 0 Å². The average molecular weight is 274 g/mol. The highest BCUT2D eigenvalue weighted by Crippen LogP contribution is 2.29. The summed E-state index contributed by atoms with van der Waals surface area (Å²) in [5.41, 5.74) is 0. The fraction of sp³-hybridized carbons (Fsp3) is 0.667. The molecule has 104 valence electrons. The number of hydrogen-bond donors (Lipinski definition) is 3. The Morgan fingerprint density at radius 3 is 2.33 bits per heavy atom. The van der Waals surface area contributed by atoms with Gasteiger partial charge in [0.05, 0.1) is 0 Å². The Kier molecular flexibility index (Phi) is 8.28. The van der Waals surface area contributed by atoms with E-state index in [1.807, 2.05) is 6.26 Å². The van der Waals surface area contributed by atoms with Gasteiger partial charge in [-0.2, -0.15) is 11.8 Å². The van der Waals surface area contributed by atoms with Gasteiger partial charge in [0, 0.05) is 23.9 Å². The summed E-state index contributed by atoms with van der Waals surface area (Å²) in [5, 5.41) is 13.8. The first-order valence-electron chi connectivity index (χ1n) is 5.96. The minimum absolute atomic E-state index is 0.0776. The van der Waals surface area contributed by atoms with Crippen LogP contribution in [0.2, 0.25) is 0 Å². The summed E-state index contributed by atoms with van der Waals surface area (Å²) in [6.07, 6.45) is 6.42. The zero-order chi connectivity index (χ0) is 14.0. The Bertz CT molecular complexity index is 293. The van der Waals surface area contributed by atoms with E-state index in [9.17, 15) is 9.59 Å². The van der Waals surface area contributed by atoms with Gasteiger partial charge in [0.1, 0.15) is 0 Å². The summed E-state index contributed by atoms with van der Waals surface area (Å²) in [6, 6.07) is -0.273. The fourth-order valence-electron chi connectivity index (χ4n) is 1.48. The van der Waals surface area contributed by atoms with E-state index in [1.165, 1.54) is 6.08 Å². The number of carbonyl (C=O) groups excluding carboxylic acids is 1. The first kappa shape index (κ1) is 16.8. The van der Waals surface area contributed by atoms with Crippen molar-refractivity contribution in [2.24, 2.45) is 0 Å². The molecule has 0 aliphatic carbocycles. The van der Waals surface area contributed by atoms with Gasteiger partial charge in [-0.25, -0.2) is 9.59 Å². The zero-order valence-electron chi connectivity index (χ0n) is 11.2. The van der Waals surface area contributed by atoms with Crippen LogP contribution in [-0.4, -0.2) is 41.2 Å². The SMILES string of the molecule is CCC(CC)(CNC(=O)NC/C=C/C(=O)O)SC. The number of hydrogen-bond acceptors (Lipinski definition) is 3. The molecule has 0 aromatic rings. The summed E-state index contributed by atoms with van der Waals surface area (Å²) in [5.74, 6) is -1.02. The van der Waals surface area contributed by atoms with Gasteiger partial charge in [-0.1, -0.05) is 19.9 Å². The Labute approximate surface area is 112 Å².